The summed E-state index contributed by atoms with van der Waals surface area (Å²) in [4.78, 5) is 19.2. The van der Waals surface area contributed by atoms with Gasteiger partial charge in [-0.25, -0.2) is 0 Å². The third kappa shape index (κ3) is 3.20. The molecule has 7 nitrogen and oxygen atoms in total. The first-order valence-corrected chi connectivity index (χ1v) is 9.47. The monoisotopic (exact) mass is 385 g/mol. The number of rotatable bonds is 4. The van der Waals surface area contributed by atoms with Crippen molar-refractivity contribution in [1.29, 1.82) is 0 Å². The van der Waals surface area contributed by atoms with E-state index in [0.29, 0.717) is 30.5 Å². The maximum absolute atomic E-state index is 12.9. The SMILES string of the molecule is Cn1nc(-c2ccccc2)cc1C(=O)N1CC(c2nc(-c3ccccc3)no2)C1. The van der Waals surface area contributed by atoms with Crippen molar-refractivity contribution in [1.82, 2.24) is 24.8 Å². The van der Waals surface area contributed by atoms with Crippen molar-refractivity contribution in [2.45, 2.75) is 5.92 Å². The highest BCUT2D eigenvalue weighted by molar-refractivity contribution is 5.94. The van der Waals surface area contributed by atoms with E-state index >= 15 is 0 Å². The van der Waals surface area contributed by atoms with Gasteiger partial charge in [0.2, 0.25) is 11.7 Å². The summed E-state index contributed by atoms with van der Waals surface area (Å²) >= 11 is 0. The molecule has 0 aliphatic carbocycles. The number of benzene rings is 2. The summed E-state index contributed by atoms with van der Waals surface area (Å²) in [5.74, 6) is 1.17. The summed E-state index contributed by atoms with van der Waals surface area (Å²) in [5.41, 5.74) is 3.26. The maximum Gasteiger partial charge on any atom is 0.272 e. The number of carbonyl (C=O) groups is 1. The highest BCUT2D eigenvalue weighted by atomic mass is 16.5. The highest BCUT2D eigenvalue weighted by Crippen LogP contribution is 2.29. The lowest BCUT2D eigenvalue weighted by molar-refractivity contribution is 0.0558. The topological polar surface area (TPSA) is 77.1 Å². The Balaban J connectivity index is 1.27. The fourth-order valence-electron chi connectivity index (χ4n) is 3.49. The predicted octanol–water partition coefficient (Wildman–Crippen LogP) is 3.38. The zero-order chi connectivity index (χ0) is 19.8. The van der Waals surface area contributed by atoms with Crippen LogP contribution in [0.3, 0.4) is 0 Å². The largest absolute Gasteiger partial charge is 0.339 e. The van der Waals surface area contributed by atoms with Crippen molar-refractivity contribution >= 4 is 5.91 Å². The van der Waals surface area contributed by atoms with Gasteiger partial charge in [-0.3, -0.25) is 9.48 Å². The number of nitrogens with zero attached hydrogens (tertiary/aromatic N) is 5. The Morgan fingerprint density at radius 3 is 2.34 bits per heavy atom. The summed E-state index contributed by atoms with van der Waals surface area (Å²) in [6.45, 7) is 1.11. The van der Waals surface area contributed by atoms with Crippen LogP contribution in [0.2, 0.25) is 0 Å². The molecule has 1 saturated heterocycles. The average Bonchev–Trinajstić information content (AvgIpc) is 3.35. The van der Waals surface area contributed by atoms with Crippen molar-refractivity contribution < 1.29 is 9.32 Å². The van der Waals surface area contributed by atoms with Gasteiger partial charge >= 0.3 is 0 Å². The minimum absolute atomic E-state index is 0.0405. The Kier molecular flexibility index (Phi) is 4.20. The zero-order valence-electron chi connectivity index (χ0n) is 15.9. The molecule has 1 amide bonds. The van der Waals surface area contributed by atoms with E-state index in [4.69, 9.17) is 4.52 Å². The molecule has 0 spiro atoms. The number of amides is 1. The standard InChI is InChI=1S/C22H19N5O2/c1-26-19(12-18(24-26)15-8-4-2-5-9-15)22(28)27-13-17(14-27)21-23-20(25-29-21)16-10-6-3-7-11-16/h2-12,17H,13-14H2,1H3. The van der Waals surface area contributed by atoms with Gasteiger partial charge in [0.25, 0.3) is 5.91 Å². The van der Waals surface area contributed by atoms with Gasteiger partial charge < -0.3 is 9.42 Å². The highest BCUT2D eigenvalue weighted by Gasteiger charge is 2.37. The molecule has 0 unspecified atom stereocenters. The molecule has 0 atom stereocenters. The molecule has 2 aromatic carbocycles. The normalized spacial score (nSPS) is 14.0. The number of likely N-dealkylation sites (tertiary alicyclic amines) is 1. The van der Waals surface area contributed by atoms with E-state index in [1.807, 2.05) is 66.7 Å². The Labute approximate surface area is 167 Å². The fraction of sp³-hybridized carbons (Fsp3) is 0.182. The molecule has 4 aromatic rings. The van der Waals surface area contributed by atoms with Crippen LogP contribution in [-0.4, -0.2) is 43.8 Å². The first kappa shape index (κ1) is 17.4. The van der Waals surface area contributed by atoms with Crippen LogP contribution < -0.4 is 0 Å². The zero-order valence-corrected chi connectivity index (χ0v) is 15.9. The molecular formula is C22H19N5O2. The number of carbonyl (C=O) groups excluding carboxylic acids is 1. The second kappa shape index (κ2) is 7.01. The lowest BCUT2D eigenvalue weighted by atomic mass is 9.99. The van der Waals surface area contributed by atoms with Crippen molar-refractivity contribution in [3.8, 4) is 22.6 Å². The predicted molar refractivity (Wildman–Crippen MR) is 107 cm³/mol. The summed E-state index contributed by atoms with van der Waals surface area (Å²) in [7, 11) is 1.79. The average molecular weight is 385 g/mol. The van der Waals surface area contributed by atoms with E-state index < -0.39 is 0 Å². The quantitative estimate of drug-likeness (QED) is 0.538. The van der Waals surface area contributed by atoms with Gasteiger partial charge in [0, 0.05) is 31.3 Å². The van der Waals surface area contributed by atoms with Gasteiger partial charge in [0.15, 0.2) is 0 Å². The van der Waals surface area contributed by atoms with Crippen LogP contribution in [0.4, 0.5) is 0 Å². The molecule has 2 aromatic heterocycles. The minimum atomic E-state index is -0.0405. The molecule has 1 aliphatic heterocycles. The number of aromatic nitrogens is 4. The second-order valence-electron chi connectivity index (χ2n) is 7.13. The smallest absolute Gasteiger partial charge is 0.272 e. The molecule has 0 radical (unpaired) electrons. The minimum Gasteiger partial charge on any atom is -0.339 e. The molecule has 1 aliphatic rings. The molecule has 144 valence electrons. The van der Waals surface area contributed by atoms with Gasteiger partial charge in [-0.05, 0) is 6.07 Å². The summed E-state index contributed by atoms with van der Waals surface area (Å²) < 4.78 is 7.06. The lowest BCUT2D eigenvalue weighted by Crippen LogP contribution is -2.49. The number of hydrogen-bond donors (Lipinski definition) is 0. The van der Waals surface area contributed by atoms with E-state index in [1.165, 1.54) is 0 Å². The molecule has 0 N–H and O–H groups in total. The van der Waals surface area contributed by atoms with Crippen molar-refractivity contribution in [2.75, 3.05) is 13.1 Å². The summed E-state index contributed by atoms with van der Waals surface area (Å²) in [6.07, 6.45) is 0. The summed E-state index contributed by atoms with van der Waals surface area (Å²) in [6, 6.07) is 21.4. The third-order valence-corrected chi connectivity index (χ3v) is 5.16. The molecule has 1 fully saturated rings. The van der Waals surface area contributed by atoms with Gasteiger partial charge in [0.1, 0.15) is 5.69 Å². The Morgan fingerprint density at radius 2 is 1.66 bits per heavy atom. The molecule has 7 heteroatoms. The van der Waals surface area contributed by atoms with E-state index in [0.717, 1.165) is 16.8 Å². The van der Waals surface area contributed by atoms with E-state index in [9.17, 15) is 4.79 Å². The van der Waals surface area contributed by atoms with E-state index in [2.05, 4.69) is 15.2 Å². The molecule has 5 rings (SSSR count). The van der Waals surface area contributed by atoms with Crippen molar-refractivity contribution in [3.05, 3.63) is 78.3 Å². The molecular weight excluding hydrogens is 366 g/mol. The second-order valence-corrected chi connectivity index (χ2v) is 7.13. The Hall–Kier alpha value is -3.74. The third-order valence-electron chi connectivity index (χ3n) is 5.16. The number of hydrogen-bond acceptors (Lipinski definition) is 5. The van der Waals surface area contributed by atoms with Crippen LogP contribution >= 0.6 is 0 Å². The lowest BCUT2D eigenvalue weighted by Gasteiger charge is -2.36. The van der Waals surface area contributed by atoms with Crippen LogP contribution in [0.15, 0.2) is 71.3 Å². The van der Waals surface area contributed by atoms with Crippen LogP contribution in [0.25, 0.3) is 22.6 Å². The Bertz CT molecular complexity index is 1140. The summed E-state index contributed by atoms with van der Waals surface area (Å²) in [5, 5.41) is 8.55. The van der Waals surface area contributed by atoms with E-state index in [-0.39, 0.29) is 11.8 Å². The van der Waals surface area contributed by atoms with Crippen molar-refractivity contribution in [3.63, 3.8) is 0 Å². The van der Waals surface area contributed by atoms with Gasteiger partial charge in [-0.2, -0.15) is 10.1 Å². The first-order valence-electron chi connectivity index (χ1n) is 9.47. The molecule has 0 bridgehead atoms. The van der Waals surface area contributed by atoms with Gasteiger partial charge in [-0.1, -0.05) is 65.8 Å². The molecule has 0 saturated carbocycles. The van der Waals surface area contributed by atoms with Crippen molar-refractivity contribution in [2.24, 2.45) is 7.05 Å². The molecule has 3 heterocycles. The molecule has 29 heavy (non-hydrogen) atoms. The maximum atomic E-state index is 12.9. The van der Waals surface area contributed by atoms with Crippen LogP contribution in [-0.2, 0) is 7.05 Å². The fourth-order valence-corrected chi connectivity index (χ4v) is 3.49. The van der Waals surface area contributed by atoms with E-state index in [1.54, 1.807) is 16.6 Å². The van der Waals surface area contributed by atoms with Crippen LogP contribution in [0, 0.1) is 0 Å². The first-order chi connectivity index (χ1) is 14.2. The van der Waals surface area contributed by atoms with Gasteiger partial charge in [-0.15, -0.1) is 0 Å². The van der Waals surface area contributed by atoms with Crippen LogP contribution in [0.1, 0.15) is 22.3 Å². The number of aryl methyl sites for hydroxylation is 1. The van der Waals surface area contributed by atoms with Crippen LogP contribution in [0.5, 0.6) is 0 Å². The Morgan fingerprint density at radius 1 is 1.00 bits per heavy atom. The van der Waals surface area contributed by atoms with Gasteiger partial charge in [0.05, 0.1) is 11.6 Å².